The van der Waals surface area contributed by atoms with Crippen molar-refractivity contribution in [2.45, 2.75) is 63.5 Å². The van der Waals surface area contributed by atoms with E-state index in [-0.39, 0.29) is 11.9 Å². The standard InChI is InChI=1S/C20H30N2O2/c1-20(24,14-21-13-15-7-3-2-4-8-15)19(23)22-18-12-11-16-9-5-6-10-17(16)18/h5-6,9-10,15,18,21,24H,2-4,7-8,11-14H2,1H3,(H,22,23). The van der Waals surface area contributed by atoms with Gasteiger partial charge in [-0.25, -0.2) is 0 Å². The van der Waals surface area contributed by atoms with Gasteiger partial charge in [0.1, 0.15) is 0 Å². The van der Waals surface area contributed by atoms with Gasteiger partial charge in [0.2, 0.25) is 0 Å². The number of aryl methyl sites for hydroxylation is 1. The van der Waals surface area contributed by atoms with Crippen LogP contribution in [-0.2, 0) is 11.2 Å². The zero-order valence-electron chi connectivity index (χ0n) is 14.7. The van der Waals surface area contributed by atoms with E-state index >= 15 is 0 Å². The fraction of sp³-hybridized carbons (Fsp3) is 0.650. The normalized spacial score (nSPS) is 23.5. The van der Waals surface area contributed by atoms with Crippen LogP contribution in [0.2, 0.25) is 0 Å². The Balaban J connectivity index is 1.48. The number of carbonyl (C=O) groups is 1. The van der Waals surface area contributed by atoms with E-state index in [1.54, 1.807) is 6.92 Å². The van der Waals surface area contributed by atoms with E-state index in [4.69, 9.17) is 0 Å². The summed E-state index contributed by atoms with van der Waals surface area (Å²) in [6.45, 7) is 2.82. The molecule has 24 heavy (non-hydrogen) atoms. The molecule has 0 aliphatic heterocycles. The van der Waals surface area contributed by atoms with Gasteiger partial charge in [0.15, 0.2) is 5.60 Å². The predicted octanol–water partition coefficient (Wildman–Crippen LogP) is 2.71. The van der Waals surface area contributed by atoms with Crippen molar-refractivity contribution in [2.75, 3.05) is 13.1 Å². The number of nitrogens with one attached hydrogen (secondary N) is 2. The quantitative estimate of drug-likeness (QED) is 0.751. The molecule has 0 aromatic heterocycles. The van der Waals surface area contributed by atoms with Gasteiger partial charge >= 0.3 is 0 Å². The van der Waals surface area contributed by atoms with Crippen molar-refractivity contribution in [3.05, 3.63) is 35.4 Å². The highest BCUT2D eigenvalue weighted by Crippen LogP contribution is 2.31. The number of carbonyl (C=O) groups excluding carboxylic acids is 1. The van der Waals surface area contributed by atoms with Crippen LogP contribution in [0.3, 0.4) is 0 Å². The molecule has 1 aromatic carbocycles. The summed E-state index contributed by atoms with van der Waals surface area (Å²) < 4.78 is 0. The van der Waals surface area contributed by atoms with Crippen molar-refractivity contribution in [3.8, 4) is 0 Å². The average Bonchev–Trinajstić information content (AvgIpc) is 2.99. The number of benzene rings is 1. The smallest absolute Gasteiger partial charge is 0.253 e. The fourth-order valence-electron chi connectivity index (χ4n) is 4.01. The third kappa shape index (κ3) is 4.17. The lowest BCUT2D eigenvalue weighted by Gasteiger charge is -2.27. The van der Waals surface area contributed by atoms with E-state index in [1.165, 1.54) is 43.2 Å². The largest absolute Gasteiger partial charge is 0.379 e. The Morgan fingerprint density at radius 1 is 1.21 bits per heavy atom. The summed E-state index contributed by atoms with van der Waals surface area (Å²) in [5.74, 6) is 0.416. The Bertz CT molecular complexity index is 565. The second-order valence-corrected chi connectivity index (χ2v) is 7.67. The highest BCUT2D eigenvalue weighted by molar-refractivity contribution is 5.85. The van der Waals surface area contributed by atoms with E-state index in [9.17, 15) is 9.90 Å². The number of hydrogen-bond acceptors (Lipinski definition) is 3. The monoisotopic (exact) mass is 330 g/mol. The van der Waals surface area contributed by atoms with Crippen LogP contribution >= 0.6 is 0 Å². The molecular weight excluding hydrogens is 300 g/mol. The van der Waals surface area contributed by atoms with Crippen LogP contribution in [0.5, 0.6) is 0 Å². The minimum atomic E-state index is -1.37. The first-order valence-electron chi connectivity index (χ1n) is 9.38. The van der Waals surface area contributed by atoms with Crippen molar-refractivity contribution in [3.63, 3.8) is 0 Å². The number of fused-ring (bicyclic) bond motifs is 1. The number of hydrogen-bond donors (Lipinski definition) is 3. The van der Waals surface area contributed by atoms with Crippen molar-refractivity contribution in [1.29, 1.82) is 0 Å². The van der Waals surface area contributed by atoms with Crippen LogP contribution < -0.4 is 10.6 Å². The summed E-state index contributed by atoms with van der Waals surface area (Å²) in [6.07, 6.45) is 8.40. The first-order valence-corrected chi connectivity index (χ1v) is 9.38. The number of rotatable bonds is 6. The zero-order valence-corrected chi connectivity index (χ0v) is 14.7. The molecule has 0 radical (unpaired) electrons. The molecule has 1 amide bonds. The highest BCUT2D eigenvalue weighted by atomic mass is 16.3. The molecule has 132 valence electrons. The van der Waals surface area contributed by atoms with Crippen LogP contribution in [0, 0.1) is 5.92 Å². The number of aliphatic hydroxyl groups is 1. The Morgan fingerprint density at radius 3 is 2.75 bits per heavy atom. The van der Waals surface area contributed by atoms with Crippen LogP contribution in [0.4, 0.5) is 0 Å². The molecule has 3 rings (SSSR count). The lowest BCUT2D eigenvalue weighted by atomic mass is 9.89. The first-order chi connectivity index (χ1) is 11.6. The summed E-state index contributed by atoms with van der Waals surface area (Å²) >= 11 is 0. The van der Waals surface area contributed by atoms with E-state index in [1.807, 2.05) is 12.1 Å². The zero-order chi connectivity index (χ0) is 17.0. The van der Waals surface area contributed by atoms with Gasteiger partial charge in [0.05, 0.1) is 6.04 Å². The van der Waals surface area contributed by atoms with Crippen molar-refractivity contribution >= 4 is 5.91 Å². The minimum Gasteiger partial charge on any atom is -0.379 e. The molecular formula is C20H30N2O2. The topological polar surface area (TPSA) is 61.4 Å². The predicted molar refractivity (Wildman–Crippen MR) is 95.7 cm³/mol. The Morgan fingerprint density at radius 2 is 1.96 bits per heavy atom. The van der Waals surface area contributed by atoms with Crippen molar-refractivity contribution in [1.82, 2.24) is 10.6 Å². The molecule has 2 atom stereocenters. The average molecular weight is 330 g/mol. The van der Waals surface area contributed by atoms with Gasteiger partial charge in [0.25, 0.3) is 5.91 Å². The molecule has 0 spiro atoms. The summed E-state index contributed by atoms with van der Waals surface area (Å²) in [4.78, 5) is 12.5. The minimum absolute atomic E-state index is 0.0264. The molecule has 0 bridgehead atoms. The number of amides is 1. The van der Waals surface area contributed by atoms with Gasteiger partial charge in [-0.3, -0.25) is 4.79 Å². The Hall–Kier alpha value is -1.39. The molecule has 4 nitrogen and oxygen atoms in total. The second kappa shape index (κ2) is 7.66. The van der Waals surface area contributed by atoms with Gasteiger partial charge < -0.3 is 15.7 Å². The van der Waals surface area contributed by atoms with Crippen LogP contribution in [0.25, 0.3) is 0 Å². The maximum absolute atomic E-state index is 12.5. The van der Waals surface area contributed by atoms with E-state index in [2.05, 4.69) is 22.8 Å². The molecule has 0 heterocycles. The molecule has 3 N–H and O–H groups in total. The Labute approximate surface area is 145 Å². The molecule has 1 aromatic rings. The molecule has 2 aliphatic carbocycles. The molecule has 1 saturated carbocycles. The third-order valence-electron chi connectivity index (χ3n) is 5.55. The van der Waals surface area contributed by atoms with Gasteiger partial charge in [-0.15, -0.1) is 0 Å². The summed E-state index contributed by atoms with van der Waals surface area (Å²) in [6, 6.07) is 8.26. The van der Waals surface area contributed by atoms with Crippen LogP contribution in [-0.4, -0.2) is 29.7 Å². The summed E-state index contributed by atoms with van der Waals surface area (Å²) in [5.41, 5.74) is 1.13. The van der Waals surface area contributed by atoms with Gasteiger partial charge in [0, 0.05) is 6.54 Å². The molecule has 0 saturated heterocycles. The second-order valence-electron chi connectivity index (χ2n) is 7.67. The molecule has 4 heteroatoms. The van der Waals surface area contributed by atoms with Gasteiger partial charge in [-0.2, -0.15) is 0 Å². The highest BCUT2D eigenvalue weighted by Gasteiger charge is 2.33. The summed E-state index contributed by atoms with van der Waals surface area (Å²) in [7, 11) is 0. The van der Waals surface area contributed by atoms with Gasteiger partial charge in [-0.05, 0) is 56.2 Å². The molecule has 1 fully saturated rings. The molecule has 2 unspecified atom stereocenters. The Kier molecular flexibility index (Phi) is 5.57. The van der Waals surface area contributed by atoms with Crippen molar-refractivity contribution in [2.24, 2.45) is 5.92 Å². The van der Waals surface area contributed by atoms with E-state index < -0.39 is 5.60 Å². The maximum atomic E-state index is 12.5. The van der Waals surface area contributed by atoms with Crippen LogP contribution in [0.15, 0.2) is 24.3 Å². The first kappa shape index (κ1) is 17.4. The van der Waals surface area contributed by atoms with Crippen molar-refractivity contribution < 1.29 is 9.90 Å². The van der Waals surface area contributed by atoms with E-state index in [0.29, 0.717) is 12.5 Å². The summed E-state index contributed by atoms with van der Waals surface area (Å²) in [5, 5.41) is 16.9. The maximum Gasteiger partial charge on any atom is 0.253 e. The van der Waals surface area contributed by atoms with E-state index in [0.717, 1.165) is 19.4 Å². The lowest BCUT2D eigenvalue weighted by Crippen LogP contribution is -2.52. The molecule has 2 aliphatic rings. The SMILES string of the molecule is CC(O)(CNCC1CCCCC1)C(=O)NC1CCc2ccccc21. The fourth-order valence-corrected chi connectivity index (χ4v) is 4.01. The lowest BCUT2D eigenvalue weighted by molar-refractivity contribution is -0.138. The van der Waals surface area contributed by atoms with Gasteiger partial charge in [-0.1, -0.05) is 43.5 Å². The van der Waals surface area contributed by atoms with Crippen LogP contribution in [0.1, 0.15) is 62.6 Å². The third-order valence-corrected chi connectivity index (χ3v) is 5.55.